The van der Waals surface area contributed by atoms with E-state index in [9.17, 15) is 10.1 Å². The van der Waals surface area contributed by atoms with Crippen molar-refractivity contribution in [2.24, 2.45) is 11.3 Å². The molecule has 0 saturated carbocycles. The number of para-hydroxylation sites is 1. The molecule has 0 heterocycles. The smallest absolute Gasteiger partial charge is 0.295 e. The molecule has 0 radical (unpaired) electrons. The van der Waals surface area contributed by atoms with Crippen molar-refractivity contribution < 1.29 is 4.92 Å². The van der Waals surface area contributed by atoms with Crippen molar-refractivity contribution in [1.82, 2.24) is 0 Å². The lowest BCUT2D eigenvalue weighted by Crippen LogP contribution is -2.28. The van der Waals surface area contributed by atoms with Crippen LogP contribution in [-0.4, -0.2) is 11.5 Å². The van der Waals surface area contributed by atoms with Crippen LogP contribution in [0, 0.1) is 28.4 Å². The summed E-state index contributed by atoms with van der Waals surface area (Å²) in [5.74, 6) is 0.508. The van der Waals surface area contributed by atoms with Crippen LogP contribution < -0.4 is 5.32 Å². The fourth-order valence-corrected chi connectivity index (χ4v) is 1.57. The van der Waals surface area contributed by atoms with E-state index in [0.29, 0.717) is 17.2 Å². The monoisotopic (exact) mass is 250 g/mol. The quantitative estimate of drug-likeness (QED) is 0.634. The van der Waals surface area contributed by atoms with Gasteiger partial charge in [0.2, 0.25) is 0 Å². The maximum Gasteiger partial charge on any atom is 0.295 e. The van der Waals surface area contributed by atoms with Crippen LogP contribution in [0.4, 0.5) is 11.4 Å². The van der Waals surface area contributed by atoms with E-state index in [-0.39, 0.29) is 16.0 Å². The molecule has 1 aromatic carbocycles. The minimum Gasteiger partial charge on any atom is -0.379 e. The number of nitro groups is 1. The van der Waals surface area contributed by atoms with Crippen LogP contribution in [-0.2, 0) is 0 Å². The van der Waals surface area contributed by atoms with Crippen molar-refractivity contribution in [1.29, 1.82) is 0 Å². The summed E-state index contributed by atoms with van der Waals surface area (Å²) in [4.78, 5) is 10.7. The highest BCUT2D eigenvalue weighted by atomic mass is 16.6. The molecule has 1 N–H and O–H groups in total. The molecule has 4 nitrogen and oxygen atoms in total. The molecule has 0 unspecified atom stereocenters. The first kappa shape index (κ1) is 14.5. The molecule has 0 bridgehead atoms. The number of aryl methyl sites for hydroxylation is 1. The Morgan fingerprint density at radius 2 is 2.00 bits per heavy atom. The highest BCUT2D eigenvalue weighted by Gasteiger charge is 2.24. The first-order valence-electron chi connectivity index (χ1n) is 6.23. The number of nitro benzene ring substituents is 1. The van der Waals surface area contributed by atoms with Gasteiger partial charge < -0.3 is 5.32 Å². The molecular formula is C14H22N2O2. The Balaban J connectivity index is 2.92. The zero-order valence-corrected chi connectivity index (χ0v) is 11.8. The number of benzene rings is 1. The van der Waals surface area contributed by atoms with Gasteiger partial charge in [0.15, 0.2) is 0 Å². The van der Waals surface area contributed by atoms with Gasteiger partial charge in [0.1, 0.15) is 5.69 Å². The Kier molecular flexibility index (Phi) is 4.33. The maximum atomic E-state index is 11.1. The van der Waals surface area contributed by atoms with Gasteiger partial charge in [-0.05, 0) is 24.3 Å². The van der Waals surface area contributed by atoms with Crippen LogP contribution in [0.3, 0.4) is 0 Å². The summed E-state index contributed by atoms with van der Waals surface area (Å²) in [5.41, 5.74) is 1.57. The summed E-state index contributed by atoms with van der Waals surface area (Å²) in [6, 6.07) is 5.37. The zero-order chi connectivity index (χ0) is 13.9. The minimum absolute atomic E-state index is 0.0949. The first-order valence-corrected chi connectivity index (χ1v) is 6.23. The van der Waals surface area contributed by atoms with E-state index in [1.165, 1.54) is 0 Å². The molecule has 0 aliphatic heterocycles. The van der Waals surface area contributed by atoms with Crippen LogP contribution in [0.2, 0.25) is 0 Å². The number of hydrogen-bond acceptors (Lipinski definition) is 3. The van der Waals surface area contributed by atoms with Crippen LogP contribution >= 0.6 is 0 Å². The fourth-order valence-electron chi connectivity index (χ4n) is 1.57. The lowest BCUT2D eigenvalue weighted by atomic mass is 9.81. The predicted octanol–water partition coefficient (Wildman–Crippen LogP) is 4.00. The Bertz CT molecular complexity index is 439. The molecule has 100 valence electrons. The first-order chi connectivity index (χ1) is 8.25. The van der Waals surface area contributed by atoms with Gasteiger partial charge in [0, 0.05) is 12.1 Å². The molecule has 4 heteroatoms. The van der Waals surface area contributed by atoms with Gasteiger partial charge >= 0.3 is 0 Å². The Morgan fingerprint density at radius 1 is 1.39 bits per heavy atom. The molecule has 1 aromatic rings. The zero-order valence-electron chi connectivity index (χ0n) is 11.8. The molecule has 0 spiro atoms. The Morgan fingerprint density at radius 3 is 2.50 bits per heavy atom. The third-order valence-electron chi connectivity index (χ3n) is 3.72. The van der Waals surface area contributed by atoms with Crippen molar-refractivity contribution in [2.45, 2.75) is 34.6 Å². The van der Waals surface area contributed by atoms with E-state index in [1.807, 2.05) is 6.07 Å². The lowest BCUT2D eigenvalue weighted by molar-refractivity contribution is -0.384. The minimum atomic E-state index is -0.319. The molecule has 1 rings (SSSR count). The summed E-state index contributed by atoms with van der Waals surface area (Å²) in [6.45, 7) is 11.1. The highest BCUT2D eigenvalue weighted by Crippen LogP contribution is 2.31. The second-order valence-electron chi connectivity index (χ2n) is 5.73. The van der Waals surface area contributed by atoms with Gasteiger partial charge in [-0.25, -0.2) is 0 Å². The van der Waals surface area contributed by atoms with Crippen LogP contribution in [0.1, 0.15) is 33.3 Å². The molecule has 0 saturated heterocycles. The third kappa shape index (κ3) is 3.22. The standard InChI is InChI=1S/C14H22N2O2/c1-10(2)14(4,5)9-15-12-8-6-7-11(3)13(12)16(17)18/h6-8,10,15H,9H2,1-5H3. The number of anilines is 1. The average molecular weight is 250 g/mol. The lowest BCUT2D eigenvalue weighted by Gasteiger charge is -2.29. The number of nitrogens with one attached hydrogen (secondary N) is 1. The van der Waals surface area contributed by atoms with Gasteiger partial charge in [-0.15, -0.1) is 0 Å². The maximum absolute atomic E-state index is 11.1. The SMILES string of the molecule is Cc1cccc(NCC(C)(C)C(C)C)c1[N+](=O)[O-]. The second kappa shape index (κ2) is 5.38. The number of hydrogen-bond donors (Lipinski definition) is 1. The second-order valence-corrected chi connectivity index (χ2v) is 5.73. The molecule has 0 aliphatic carbocycles. The predicted molar refractivity (Wildman–Crippen MR) is 74.9 cm³/mol. The van der Waals surface area contributed by atoms with Gasteiger partial charge in [0.25, 0.3) is 5.69 Å². The summed E-state index contributed by atoms with van der Waals surface area (Å²) in [5, 5.41) is 14.3. The topological polar surface area (TPSA) is 55.2 Å². The van der Waals surface area contributed by atoms with Crippen LogP contribution in [0.25, 0.3) is 0 Å². The Hall–Kier alpha value is -1.58. The van der Waals surface area contributed by atoms with E-state index < -0.39 is 0 Å². The number of nitrogens with zero attached hydrogens (tertiary/aromatic N) is 1. The van der Waals surface area contributed by atoms with E-state index in [2.05, 4.69) is 33.0 Å². The van der Waals surface area contributed by atoms with E-state index in [1.54, 1.807) is 19.1 Å². The molecule has 18 heavy (non-hydrogen) atoms. The normalized spacial score (nSPS) is 11.7. The molecular weight excluding hydrogens is 228 g/mol. The van der Waals surface area contributed by atoms with E-state index in [0.717, 1.165) is 6.54 Å². The van der Waals surface area contributed by atoms with Gasteiger partial charge in [-0.1, -0.05) is 39.8 Å². The van der Waals surface area contributed by atoms with E-state index >= 15 is 0 Å². The van der Waals surface area contributed by atoms with Crippen molar-refractivity contribution in [2.75, 3.05) is 11.9 Å². The summed E-state index contributed by atoms with van der Waals surface area (Å²) < 4.78 is 0. The molecule has 0 amide bonds. The van der Waals surface area contributed by atoms with Gasteiger partial charge in [-0.2, -0.15) is 0 Å². The fraction of sp³-hybridized carbons (Fsp3) is 0.571. The molecule has 0 aromatic heterocycles. The summed E-state index contributed by atoms with van der Waals surface area (Å²) in [7, 11) is 0. The number of rotatable bonds is 5. The molecule has 0 aliphatic rings. The van der Waals surface area contributed by atoms with Crippen LogP contribution in [0.15, 0.2) is 18.2 Å². The van der Waals surface area contributed by atoms with Crippen LogP contribution in [0.5, 0.6) is 0 Å². The third-order valence-corrected chi connectivity index (χ3v) is 3.72. The average Bonchev–Trinajstić information content (AvgIpc) is 2.25. The molecule has 0 atom stereocenters. The van der Waals surface area contributed by atoms with Crippen molar-refractivity contribution in [3.05, 3.63) is 33.9 Å². The van der Waals surface area contributed by atoms with Crippen molar-refractivity contribution >= 4 is 11.4 Å². The van der Waals surface area contributed by atoms with E-state index in [4.69, 9.17) is 0 Å². The largest absolute Gasteiger partial charge is 0.379 e. The van der Waals surface area contributed by atoms with Gasteiger partial charge in [0.05, 0.1) is 4.92 Å². The molecule has 0 fully saturated rings. The summed E-state index contributed by atoms with van der Waals surface area (Å²) >= 11 is 0. The Labute approximate surface area is 109 Å². The highest BCUT2D eigenvalue weighted by molar-refractivity contribution is 5.65. The van der Waals surface area contributed by atoms with Gasteiger partial charge in [-0.3, -0.25) is 10.1 Å². The van der Waals surface area contributed by atoms with Crippen molar-refractivity contribution in [3.8, 4) is 0 Å². The van der Waals surface area contributed by atoms with Crippen molar-refractivity contribution in [3.63, 3.8) is 0 Å². The summed E-state index contributed by atoms with van der Waals surface area (Å²) in [6.07, 6.45) is 0.